The minimum Gasteiger partial charge on any atom is -0.484 e. The van der Waals surface area contributed by atoms with Crippen LogP contribution in [0.2, 0.25) is 0 Å². The number of aliphatic hydroxyl groups excluding tert-OH is 3. The number of non-ortho nitro benzene ring substituents is 1. The van der Waals surface area contributed by atoms with Crippen molar-refractivity contribution >= 4 is 18.3 Å². The standard InChI is InChI=1S/C12H15NO7S/c14-5-8-9(15)10(16)11(12(21)20-8)19-7-3-1-6(2-4-7)13(17)18/h1-4,8-12,14-16,21H,5H2/t8-,9-,10+,11+,12+/m1/s1. The summed E-state index contributed by atoms with van der Waals surface area (Å²) in [5, 5.41) is 39.3. The first-order valence-electron chi connectivity index (χ1n) is 6.15. The van der Waals surface area contributed by atoms with Gasteiger partial charge in [-0.15, -0.1) is 12.6 Å². The maximum atomic E-state index is 10.6. The lowest BCUT2D eigenvalue weighted by molar-refractivity contribution is -0.384. The highest BCUT2D eigenvalue weighted by Gasteiger charge is 2.44. The van der Waals surface area contributed by atoms with E-state index in [2.05, 4.69) is 12.6 Å². The van der Waals surface area contributed by atoms with E-state index in [0.29, 0.717) is 0 Å². The van der Waals surface area contributed by atoms with Gasteiger partial charge in [0.15, 0.2) is 6.10 Å². The molecule has 0 spiro atoms. The van der Waals surface area contributed by atoms with Crippen LogP contribution in [0.15, 0.2) is 24.3 Å². The molecule has 0 unspecified atom stereocenters. The van der Waals surface area contributed by atoms with Crippen LogP contribution < -0.4 is 4.74 Å². The highest BCUT2D eigenvalue weighted by molar-refractivity contribution is 7.80. The summed E-state index contributed by atoms with van der Waals surface area (Å²) in [7, 11) is 0. The zero-order valence-corrected chi connectivity index (χ0v) is 11.7. The van der Waals surface area contributed by atoms with Crippen molar-refractivity contribution in [2.45, 2.75) is 29.9 Å². The minimum atomic E-state index is -1.32. The van der Waals surface area contributed by atoms with Gasteiger partial charge in [-0.25, -0.2) is 0 Å². The van der Waals surface area contributed by atoms with E-state index in [1.165, 1.54) is 24.3 Å². The number of nitrogens with zero attached hydrogens (tertiary/aromatic N) is 1. The van der Waals surface area contributed by atoms with Gasteiger partial charge < -0.3 is 24.8 Å². The summed E-state index contributed by atoms with van der Waals surface area (Å²) in [6.45, 7) is -0.459. The Labute approximate surface area is 125 Å². The molecule has 116 valence electrons. The average Bonchev–Trinajstić information content (AvgIpc) is 2.47. The Balaban J connectivity index is 2.09. The van der Waals surface area contributed by atoms with E-state index in [1.54, 1.807) is 0 Å². The van der Waals surface area contributed by atoms with Crippen molar-refractivity contribution in [3.63, 3.8) is 0 Å². The molecular weight excluding hydrogens is 302 g/mol. The van der Waals surface area contributed by atoms with E-state index >= 15 is 0 Å². The lowest BCUT2D eigenvalue weighted by Crippen LogP contribution is -2.58. The van der Waals surface area contributed by atoms with Gasteiger partial charge in [0.2, 0.25) is 0 Å². The minimum absolute atomic E-state index is 0.0920. The first-order chi connectivity index (χ1) is 9.93. The summed E-state index contributed by atoms with van der Waals surface area (Å²) < 4.78 is 10.7. The average molecular weight is 317 g/mol. The Morgan fingerprint density at radius 2 is 1.90 bits per heavy atom. The predicted octanol–water partition coefficient (Wildman–Crippen LogP) is -0.289. The Morgan fingerprint density at radius 1 is 1.29 bits per heavy atom. The third kappa shape index (κ3) is 3.44. The number of nitro groups is 1. The molecule has 2 rings (SSSR count). The van der Waals surface area contributed by atoms with Crippen LogP contribution in [0.4, 0.5) is 5.69 Å². The highest BCUT2D eigenvalue weighted by Crippen LogP contribution is 2.28. The summed E-state index contributed by atoms with van der Waals surface area (Å²) in [5.74, 6) is 0.266. The first kappa shape index (κ1) is 16.0. The molecule has 1 heterocycles. The van der Waals surface area contributed by atoms with Crippen molar-refractivity contribution in [3.05, 3.63) is 34.4 Å². The van der Waals surface area contributed by atoms with Crippen molar-refractivity contribution in [1.29, 1.82) is 0 Å². The van der Waals surface area contributed by atoms with E-state index in [4.69, 9.17) is 14.6 Å². The zero-order chi connectivity index (χ0) is 15.6. The monoisotopic (exact) mass is 317 g/mol. The summed E-state index contributed by atoms with van der Waals surface area (Å²) in [6.07, 6.45) is -4.55. The Kier molecular flexibility index (Phi) is 5.01. The number of benzene rings is 1. The molecule has 1 aromatic rings. The van der Waals surface area contributed by atoms with Crippen LogP contribution in [-0.2, 0) is 4.74 Å². The fraction of sp³-hybridized carbons (Fsp3) is 0.500. The molecule has 0 aromatic heterocycles. The maximum Gasteiger partial charge on any atom is 0.269 e. The zero-order valence-electron chi connectivity index (χ0n) is 10.8. The fourth-order valence-electron chi connectivity index (χ4n) is 2.00. The molecule has 21 heavy (non-hydrogen) atoms. The Hall–Kier alpha value is -1.39. The van der Waals surface area contributed by atoms with E-state index in [-0.39, 0.29) is 11.4 Å². The van der Waals surface area contributed by atoms with Crippen molar-refractivity contribution < 1.29 is 29.7 Å². The second kappa shape index (κ2) is 6.58. The molecule has 1 fully saturated rings. The number of hydrogen-bond donors (Lipinski definition) is 4. The molecular formula is C12H15NO7S. The third-order valence-corrected chi connectivity index (χ3v) is 3.58. The Morgan fingerprint density at radius 3 is 2.43 bits per heavy atom. The molecule has 0 saturated carbocycles. The smallest absolute Gasteiger partial charge is 0.269 e. The summed E-state index contributed by atoms with van der Waals surface area (Å²) >= 11 is 4.12. The van der Waals surface area contributed by atoms with Crippen LogP contribution in [-0.4, -0.2) is 56.7 Å². The van der Waals surface area contributed by atoms with Crippen LogP contribution in [0, 0.1) is 10.1 Å². The van der Waals surface area contributed by atoms with Gasteiger partial charge in [0.1, 0.15) is 29.5 Å². The van der Waals surface area contributed by atoms with Crippen LogP contribution in [0.1, 0.15) is 0 Å². The highest BCUT2D eigenvalue weighted by atomic mass is 32.1. The molecule has 1 saturated heterocycles. The molecule has 0 radical (unpaired) electrons. The number of nitro benzene ring substituents is 1. The molecule has 3 N–H and O–H groups in total. The van der Waals surface area contributed by atoms with Crippen molar-refractivity contribution in [1.82, 2.24) is 0 Å². The second-order valence-electron chi connectivity index (χ2n) is 4.56. The van der Waals surface area contributed by atoms with Gasteiger partial charge in [-0.3, -0.25) is 10.1 Å². The van der Waals surface area contributed by atoms with Gasteiger partial charge in [0, 0.05) is 12.1 Å². The molecule has 1 aliphatic rings. The van der Waals surface area contributed by atoms with Gasteiger partial charge in [0.05, 0.1) is 11.5 Å². The molecule has 8 nitrogen and oxygen atoms in total. The number of thiol groups is 1. The van der Waals surface area contributed by atoms with E-state index in [0.717, 1.165) is 0 Å². The van der Waals surface area contributed by atoms with Crippen molar-refractivity contribution in [2.24, 2.45) is 0 Å². The van der Waals surface area contributed by atoms with Gasteiger partial charge in [-0.2, -0.15) is 0 Å². The van der Waals surface area contributed by atoms with Crippen molar-refractivity contribution in [2.75, 3.05) is 6.61 Å². The molecule has 1 aromatic carbocycles. The van der Waals surface area contributed by atoms with Crippen molar-refractivity contribution in [3.8, 4) is 5.75 Å². The normalized spacial score (nSPS) is 32.7. The quantitative estimate of drug-likeness (QED) is 0.342. The van der Waals surface area contributed by atoms with Crippen LogP contribution in [0.25, 0.3) is 0 Å². The number of ether oxygens (including phenoxy) is 2. The summed E-state index contributed by atoms with van der Waals surface area (Å²) in [5.41, 5.74) is -0.957. The van der Waals surface area contributed by atoms with E-state index < -0.39 is 41.4 Å². The number of hydrogen-bond acceptors (Lipinski definition) is 8. The maximum absolute atomic E-state index is 10.6. The van der Waals surface area contributed by atoms with Gasteiger partial charge in [-0.1, -0.05) is 0 Å². The van der Waals surface area contributed by atoms with Gasteiger partial charge in [-0.05, 0) is 12.1 Å². The Bertz CT molecular complexity index is 497. The molecule has 1 aliphatic heterocycles. The fourth-order valence-corrected chi connectivity index (χ4v) is 2.40. The number of rotatable bonds is 4. The predicted molar refractivity (Wildman–Crippen MR) is 74.3 cm³/mol. The van der Waals surface area contributed by atoms with Gasteiger partial charge in [0.25, 0.3) is 5.69 Å². The summed E-state index contributed by atoms with van der Waals surface area (Å²) in [4.78, 5) is 10.0. The van der Waals surface area contributed by atoms with E-state index in [1.807, 2.05) is 0 Å². The lowest BCUT2D eigenvalue weighted by atomic mass is 10.00. The van der Waals surface area contributed by atoms with Crippen LogP contribution in [0.3, 0.4) is 0 Å². The lowest BCUT2D eigenvalue weighted by Gasteiger charge is -2.40. The van der Waals surface area contributed by atoms with Crippen LogP contribution in [0.5, 0.6) is 5.75 Å². The second-order valence-corrected chi connectivity index (χ2v) is 5.07. The molecule has 0 bridgehead atoms. The van der Waals surface area contributed by atoms with Gasteiger partial charge >= 0.3 is 0 Å². The topological polar surface area (TPSA) is 122 Å². The van der Waals surface area contributed by atoms with Crippen LogP contribution >= 0.6 is 12.6 Å². The molecule has 5 atom stereocenters. The first-order valence-corrected chi connectivity index (χ1v) is 6.67. The SMILES string of the molecule is O=[N+]([O-])c1ccc(O[C@H]2[C@@H](O)[C@H](O)[C@@H](CO)O[C@H]2S)cc1. The largest absolute Gasteiger partial charge is 0.484 e. The third-order valence-electron chi connectivity index (χ3n) is 3.16. The number of aliphatic hydroxyl groups is 3. The summed E-state index contributed by atoms with van der Waals surface area (Å²) in [6, 6.07) is 5.25. The molecule has 9 heteroatoms. The van der Waals surface area contributed by atoms with E-state index in [9.17, 15) is 20.3 Å². The molecule has 0 amide bonds. The molecule has 0 aliphatic carbocycles.